The summed E-state index contributed by atoms with van der Waals surface area (Å²) in [5, 5.41) is 0. The van der Waals surface area contributed by atoms with Crippen LogP contribution in [0, 0.1) is 5.82 Å². The van der Waals surface area contributed by atoms with Gasteiger partial charge in [0.15, 0.2) is 11.6 Å². The molecule has 88 valence electrons. The highest BCUT2D eigenvalue weighted by molar-refractivity contribution is 5.75. The lowest BCUT2D eigenvalue weighted by atomic mass is 10.1. The van der Waals surface area contributed by atoms with Crippen molar-refractivity contribution in [2.24, 2.45) is 5.73 Å². The number of halogens is 1. The Labute approximate surface area is 94.6 Å². The normalized spacial score (nSPS) is 12.8. The second-order valence-electron chi connectivity index (χ2n) is 3.24. The van der Waals surface area contributed by atoms with Gasteiger partial charge >= 0.3 is 5.97 Å². The highest BCUT2D eigenvalue weighted by Crippen LogP contribution is 2.18. The molecule has 0 saturated carbocycles. The minimum atomic E-state index is -0.797. The molecule has 0 bridgehead atoms. The summed E-state index contributed by atoms with van der Waals surface area (Å²) in [7, 11) is 0.880. The number of carbonyl (C=O) groups is 1. The van der Waals surface area contributed by atoms with Crippen molar-refractivity contribution < 1.29 is 20.0 Å². The summed E-state index contributed by atoms with van der Waals surface area (Å²) in [5.41, 5.74) is 6.22. The van der Waals surface area contributed by atoms with Gasteiger partial charge in [-0.05, 0) is 24.1 Å². The highest BCUT2D eigenvalue weighted by Gasteiger charge is 2.15. The summed E-state index contributed by atoms with van der Waals surface area (Å²) in [4.78, 5) is 11.1. The molecule has 0 fully saturated rings. The van der Waals surface area contributed by atoms with Gasteiger partial charge in [-0.1, -0.05) is 6.07 Å². The van der Waals surface area contributed by atoms with Crippen molar-refractivity contribution in [2.75, 3.05) is 14.2 Å². The van der Waals surface area contributed by atoms with Crippen molar-refractivity contribution in [3.63, 3.8) is 0 Å². The van der Waals surface area contributed by atoms with Crippen molar-refractivity contribution in [1.82, 2.24) is 0 Å². The molecule has 0 aliphatic heterocycles. The van der Waals surface area contributed by atoms with Crippen molar-refractivity contribution in [3.05, 3.63) is 29.6 Å². The SMILES string of the molecule is [2H]COc1cc(C[C@H](N)C(=O)OC)ccc1F. The van der Waals surface area contributed by atoms with Crippen LogP contribution in [0.4, 0.5) is 4.39 Å². The number of methoxy groups -OCH3 is 2. The Bertz CT molecular complexity index is 400. The molecule has 1 atom stereocenters. The highest BCUT2D eigenvalue weighted by atomic mass is 19.1. The molecule has 0 radical (unpaired) electrons. The Morgan fingerprint density at radius 2 is 2.44 bits per heavy atom. The molecule has 1 rings (SSSR count). The van der Waals surface area contributed by atoms with Gasteiger partial charge in [-0.15, -0.1) is 0 Å². The van der Waals surface area contributed by atoms with E-state index in [1.807, 2.05) is 0 Å². The zero-order chi connectivity index (χ0) is 12.8. The number of hydrogen-bond donors (Lipinski definition) is 1. The Balaban J connectivity index is 2.78. The number of carbonyl (C=O) groups excluding carboxylic acids is 1. The van der Waals surface area contributed by atoms with E-state index in [2.05, 4.69) is 4.74 Å². The molecular weight excluding hydrogens is 213 g/mol. The van der Waals surface area contributed by atoms with Crippen LogP contribution in [0.1, 0.15) is 6.93 Å². The van der Waals surface area contributed by atoms with Gasteiger partial charge in [0.2, 0.25) is 0 Å². The van der Waals surface area contributed by atoms with E-state index < -0.39 is 17.8 Å². The van der Waals surface area contributed by atoms with Crippen LogP contribution in [0.15, 0.2) is 18.2 Å². The summed E-state index contributed by atoms with van der Waals surface area (Å²) < 4.78 is 29.3. The molecule has 0 aromatic heterocycles. The lowest BCUT2D eigenvalue weighted by molar-refractivity contribution is -0.142. The van der Waals surface area contributed by atoms with Crippen molar-refractivity contribution >= 4 is 5.97 Å². The monoisotopic (exact) mass is 228 g/mol. The first-order valence-electron chi connectivity index (χ1n) is 5.33. The Morgan fingerprint density at radius 3 is 3.06 bits per heavy atom. The third-order valence-corrected chi connectivity index (χ3v) is 2.11. The molecule has 5 heteroatoms. The molecule has 1 aromatic carbocycles. The number of esters is 1. The average Bonchev–Trinajstić information content (AvgIpc) is 2.32. The maximum atomic E-state index is 13.2. The Kier molecular flexibility index (Phi) is 3.71. The second-order valence-corrected chi connectivity index (χ2v) is 3.24. The lowest BCUT2D eigenvalue weighted by Crippen LogP contribution is -2.33. The number of benzene rings is 1. The van der Waals surface area contributed by atoms with E-state index in [1.165, 1.54) is 25.3 Å². The van der Waals surface area contributed by atoms with Crippen LogP contribution >= 0.6 is 0 Å². The van der Waals surface area contributed by atoms with Gasteiger partial charge in [-0.3, -0.25) is 4.79 Å². The maximum absolute atomic E-state index is 13.2. The van der Waals surface area contributed by atoms with Crippen LogP contribution in [0.5, 0.6) is 5.75 Å². The molecule has 0 aliphatic rings. The first-order valence-corrected chi connectivity index (χ1v) is 4.62. The minimum Gasteiger partial charge on any atom is -0.494 e. The van der Waals surface area contributed by atoms with Gasteiger partial charge in [-0.2, -0.15) is 0 Å². The third kappa shape index (κ3) is 2.93. The first-order chi connectivity index (χ1) is 8.08. The lowest BCUT2D eigenvalue weighted by Gasteiger charge is -2.10. The molecule has 0 spiro atoms. The smallest absolute Gasteiger partial charge is 0.322 e. The largest absolute Gasteiger partial charge is 0.494 e. The molecule has 4 nitrogen and oxygen atoms in total. The molecule has 0 amide bonds. The summed E-state index contributed by atoms with van der Waals surface area (Å²) in [6.07, 6.45) is 0.224. The third-order valence-electron chi connectivity index (χ3n) is 2.11. The Morgan fingerprint density at radius 1 is 1.69 bits per heavy atom. The average molecular weight is 228 g/mol. The van der Waals surface area contributed by atoms with Crippen molar-refractivity contribution in [3.8, 4) is 5.75 Å². The molecule has 0 unspecified atom stereocenters. The minimum absolute atomic E-state index is 0.0189. The molecule has 1 aromatic rings. The van der Waals surface area contributed by atoms with E-state index in [-0.39, 0.29) is 19.3 Å². The van der Waals surface area contributed by atoms with Crippen molar-refractivity contribution in [2.45, 2.75) is 12.5 Å². The van der Waals surface area contributed by atoms with Crippen LogP contribution in [0.3, 0.4) is 0 Å². The van der Waals surface area contributed by atoms with E-state index in [4.69, 9.17) is 11.8 Å². The summed E-state index contributed by atoms with van der Waals surface area (Å²) in [5.74, 6) is -1.10. The van der Waals surface area contributed by atoms with Gasteiger partial charge < -0.3 is 15.2 Å². The molecule has 2 N–H and O–H groups in total. The van der Waals surface area contributed by atoms with Crippen LogP contribution in [0.25, 0.3) is 0 Å². The van der Waals surface area contributed by atoms with Crippen molar-refractivity contribution in [1.29, 1.82) is 0 Å². The zero-order valence-electron chi connectivity index (χ0n) is 9.90. The molecule has 0 saturated heterocycles. The zero-order valence-corrected chi connectivity index (χ0v) is 8.90. The first kappa shape index (κ1) is 10.9. The quantitative estimate of drug-likeness (QED) is 0.777. The van der Waals surface area contributed by atoms with Gasteiger partial charge in [0.1, 0.15) is 6.04 Å². The summed E-state index contributed by atoms with van der Waals surface area (Å²) in [6, 6.07) is 3.35. The van der Waals surface area contributed by atoms with Crippen LogP contribution in [0.2, 0.25) is 0 Å². The number of nitrogens with two attached hydrogens (primary N) is 1. The number of hydrogen-bond acceptors (Lipinski definition) is 4. The van der Waals surface area contributed by atoms with Gasteiger partial charge in [0, 0.05) is 0 Å². The van der Waals surface area contributed by atoms with E-state index in [0.29, 0.717) is 5.56 Å². The summed E-state index contributed by atoms with van der Waals surface area (Å²) >= 11 is 0. The fourth-order valence-electron chi connectivity index (χ4n) is 1.27. The number of rotatable bonds is 4. The van der Waals surface area contributed by atoms with E-state index in [1.54, 1.807) is 0 Å². The van der Waals surface area contributed by atoms with E-state index in [9.17, 15) is 9.18 Å². The molecule has 16 heavy (non-hydrogen) atoms. The fraction of sp³-hybridized carbons (Fsp3) is 0.364. The Hall–Kier alpha value is -1.62. The van der Waals surface area contributed by atoms with Gasteiger partial charge in [0.25, 0.3) is 0 Å². The fourth-order valence-corrected chi connectivity index (χ4v) is 1.27. The van der Waals surface area contributed by atoms with E-state index in [0.717, 1.165) is 0 Å². The number of ether oxygens (including phenoxy) is 2. The summed E-state index contributed by atoms with van der Waals surface area (Å²) in [6.45, 7) is 0. The molecule has 0 aliphatic carbocycles. The predicted molar refractivity (Wildman–Crippen MR) is 56.6 cm³/mol. The predicted octanol–water partition coefficient (Wildman–Crippen LogP) is 0.877. The maximum Gasteiger partial charge on any atom is 0.322 e. The molecule has 0 heterocycles. The van der Waals surface area contributed by atoms with Crippen LogP contribution < -0.4 is 10.5 Å². The van der Waals surface area contributed by atoms with Gasteiger partial charge in [0.05, 0.1) is 15.6 Å². The van der Waals surface area contributed by atoms with E-state index >= 15 is 0 Å². The van der Waals surface area contributed by atoms with Crippen LogP contribution in [-0.2, 0) is 16.0 Å². The topological polar surface area (TPSA) is 61.5 Å². The second kappa shape index (κ2) is 5.46. The molecular formula is C11H14FNO3. The van der Waals surface area contributed by atoms with Gasteiger partial charge in [-0.25, -0.2) is 4.39 Å². The van der Waals surface area contributed by atoms with Crippen LogP contribution in [-0.4, -0.2) is 26.2 Å². The standard InChI is InChI=1S/C11H14FNO3/c1-15-10-6-7(3-4-8(10)12)5-9(13)11(14)16-2/h3-4,6,9H,5,13H2,1-2H3/t9-/m0/s1/i1D.